The second-order valence-corrected chi connectivity index (χ2v) is 6.99. The van der Waals surface area contributed by atoms with Crippen molar-refractivity contribution in [2.75, 3.05) is 20.1 Å². The van der Waals surface area contributed by atoms with E-state index in [9.17, 15) is 0 Å². The van der Waals surface area contributed by atoms with Gasteiger partial charge in [0.1, 0.15) is 11.9 Å². The monoisotopic (exact) mass is 327 g/mol. The van der Waals surface area contributed by atoms with Gasteiger partial charge >= 0.3 is 0 Å². The van der Waals surface area contributed by atoms with Crippen LogP contribution < -0.4 is 0 Å². The van der Waals surface area contributed by atoms with Crippen LogP contribution in [0.1, 0.15) is 30.3 Å². The predicted octanol–water partition coefficient (Wildman–Crippen LogP) is 3.82. The van der Waals surface area contributed by atoms with E-state index in [1.807, 2.05) is 18.2 Å². The predicted molar refractivity (Wildman–Crippen MR) is 93.9 cm³/mol. The average Bonchev–Trinajstić information content (AvgIpc) is 3.23. The second kappa shape index (κ2) is 6.43. The van der Waals surface area contributed by atoms with Crippen molar-refractivity contribution >= 4 is 22.4 Å². The first-order chi connectivity index (χ1) is 11.3. The molecule has 1 aliphatic heterocycles. The van der Waals surface area contributed by atoms with E-state index in [1.165, 1.54) is 5.56 Å². The molecule has 0 amide bonds. The Morgan fingerprint density at radius 2 is 2.09 bits per heavy atom. The van der Waals surface area contributed by atoms with E-state index in [1.54, 1.807) is 11.3 Å². The van der Waals surface area contributed by atoms with Crippen LogP contribution in [-0.2, 0) is 4.74 Å². The Kier molecular flexibility index (Phi) is 4.16. The largest absolute Gasteiger partial charge is 0.362 e. The van der Waals surface area contributed by atoms with Gasteiger partial charge in [-0.25, -0.2) is 4.98 Å². The molecule has 3 heterocycles. The lowest BCUT2D eigenvalue weighted by Gasteiger charge is -2.31. The highest BCUT2D eigenvalue weighted by Crippen LogP contribution is 2.30. The summed E-state index contributed by atoms with van der Waals surface area (Å²) in [6, 6.07) is 10.3. The molecule has 5 heteroatoms. The van der Waals surface area contributed by atoms with E-state index in [0.717, 1.165) is 42.8 Å². The topological polar surface area (TPSA) is 41.1 Å². The lowest BCUT2D eigenvalue weighted by Crippen LogP contribution is -2.35. The van der Waals surface area contributed by atoms with Crippen LogP contribution in [-0.4, -0.2) is 41.1 Å². The third-order valence-electron chi connectivity index (χ3n) is 4.50. The Bertz CT molecular complexity index is 727. The molecule has 0 aliphatic carbocycles. The van der Waals surface area contributed by atoms with Crippen molar-refractivity contribution in [3.05, 3.63) is 52.5 Å². The van der Waals surface area contributed by atoms with Crippen molar-refractivity contribution < 1.29 is 4.74 Å². The molecule has 0 bridgehead atoms. The molecule has 4 rings (SSSR count). The fraction of sp³-hybridized carbons (Fsp3) is 0.389. The summed E-state index contributed by atoms with van der Waals surface area (Å²) in [7, 11) is 2.17. The van der Waals surface area contributed by atoms with Gasteiger partial charge in [-0.1, -0.05) is 12.1 Å². The Hall–Kier alpha value is -1.69. The van der Waals surface area contributed by atoms with Gasteiger partial charge in [-0.2, -0.15) is 11.3 Å². The summed E-state index contributed by atoms with van der Waals surface area (Å²) < 4.78 is 6.49. The number of aromatic amines is 1. The average molecular weight is 327 g/mol. The maximum atomic E-state index is 6.49. The molecule has 3 aromatic rings. The van der Waals surface area contributed by atoms with Crippen LogP contribution in [0.15, 0.2) is 41.1 Å². The fourth-order valence-electron chi connectivity index (χ4n) is 3.14. The van der Waals surface area contributed by atoms with Gasteiger partial charge in [0.2, 0.25) is 0 Å². The number of thiophene rings is 1. The number of nitrogens with zero attached hydrogens (tertiary/aromatic N) is 2. The minimum Gasteiger partial charge on any atom is -0.362 e. The van der Waals surface area contributed by atoms with Crippen molar-refractivity contribution in [1.82, 2.24) is 14.9 Å². The lowest BCUT2D eigenvalue weighted by atomic mass is 10.1. The molecular formula is C18H21N3OS. The molecule has 1 atom stereocenters. The van der Waals surface area contributed by atoms with Crippen LogP contribution in [0.5, 0.6) is 0 Å². The maximum Gasteiger partial charge on any atom is 0.141 e. The highest BCUT2D eigenvalue weighted by molar-refractivity contribution is 7.08. The Morgan fingerprint density at radius 3 is 2.83 bits per heavy atom. The molecule has 120 valence electrons. The molecule has 1 aliphatic rings. The van der Waals surface area contributed by atoms with E-state index in [4.69, 9.17) is 9.72 Å². The highest BCUT2D eigenvalue weighted by atomic mass is 32.1. The van der Waals surface area contributed by atoms with Gasteiger partial charge in [-0.05, 0) is 54.4 Å². The minimum atomic E-state index is -0.109. The first-order valence-electron chi connectivity index (χ1n) is 8.10. The lowest BCUT2D eigenvalue weighted by molar-refractivity contribution is -0.0262. The quantitative estimate of drug-likeness (QED) is 0.792. The zero-order valence-electron chi connectivity index (χ0n) is 13.2. The first-order valence-corrected chi connectivity index (χ1v) is 9.04. The Balaban J connectivity index is 1.63. The highest BCUT2D eigenvalue weighted by Gasteiger charge is 2.25. The second-order valence-electron chi connectivity index (χ2n) is 6.21. The Labute approximate surface area is 140 Å². The van der Waals surface area contributed by atoms with Gasteiger partial charge in [-0.15, -0.1) is 0 Å². The summed E-state index contributed by atoms with van der Waals surface area (Å²) in [4.78, 5) is 10.6. The number of fused-ring (bicyclic) bond motifs is 1. The van der Waals surface area contributed by atoms with E-state index in [-0.39, 0.29) is 6.10 Å². The SMILES string of the molecule is CN1CCC(OC(c2ccsc2)c2nc3ccccc3[nH]2)CC1. The first kappa shape index (κ1) is 14.9. The van der Waals surface area contributed by atoms with E-state index in [2.05, 4.69) is 39.8 Å². The number of nitrogens with one attached hydrogen (secondary N) is 1. The van der Waals surface area contributed by atoms with Crippen LogP contribution in [0.2, 0.25) is 0 Å². The number of imidazole rings is 1. The molecule has 2 aromatic heterocycles. The third kappa shape index (κ3) is 3.17. The number of aromatic nitrogens is 2. The minimum absolute atomic E-state index is 0.109. The zero-order valence-corrected chi connectivity index (χ0v) is 14.1. The summed E-state index contributed by atoms with van der Waals surface area (Å²) in [6.45, 7) is 2.20. The molecule has 4 nitrogen and oxygen atoms in total. The van der Waals surface area contributed by atoms with Crippen molar-refractivity contribution in [2.45, 2.75) is 25.0 Å². The number of benzene rings is 1. The number of para-hydroxylation sites is 2. The van der Waals surface area contributed by atoms with Crippen LogP contribution in [0.4, 0.5) is 0 Å². The van der Waals surface area contributed by atoms with E-state index >= 15 is 0 Å². The van der Waals surface area contributed by atoms with Crippen LogP contribution in [0, 0.1) is 0 Å². The van der Waals surface area contributed by atoms with Gasteiger partial charge < -0.3 is 14.6 Å². The molecule has 0 saturated carbocycles. The van der Waals surface area contributed by atoms with Crippen molar-refractivity contribution in [1.29, 1.82) is 0 Å². The van der Waals surface area contributed by atoms with Gasteiger partial charge in [-0.3, -0.25) is 0 Å². The normalized spacial score (nSPS) is 18.5. The van der Waals surface area contributed by atoms with E-state index < -0.39 is 0 Å². The summed E-state index contributed by atoms with van der Waals surface area (Å²) in [5.74, 6) is 0.906. The number of rotatable bonds is 4. The molecular weight excluding hydrogens is 306 g/mol. The number of H-pyrrole nitrogens is 1. The maximum absolute atomic E-state index is 6.49. The summed E-state index contributed by atoms with van der Waals surface area (Å²) in [5, 5.41) is 4.26. The van der Waals surface area contributed by atoms with Crippen LogP contribution >= 0.6 is 11.3 Å². The number of hydrogen-bond donors (Lipinski definition) is 1. The van der Waals surface area contributed by atoms with Crippen molar-refractivity contribution in [3.63, 3.8) is 0 Å². The van der Waals surface area contributed by atoms with Gasteiger partial charge in [0, 0.05) is 13.1 Å². The number of piperidine rings is 1. The number of ether oxygens (including phenoxy) is 1. The van der Waals surface area contributed by atoms with Crippen LogP contribution in [0.25, 0.3) is 11.0 Å². The van der Waals surface area contributed by atoms with Gasteiger partial charge in [0.15, 0.2) is 0 Å². The molecule has 1 saturated heterocycles. The number of hydrogen-bond acceptors (Lipinski definition) is 4. The molecule has 1 fully saturated rings. The molecule has 1 aromatic carbocycles. The molecule has 23 heavy (non-hydrogen) atoms. The third-order valence-corrected chi connectivity index (χ3v) is 5.20. The summed E-state index contributed by atoms with van der Waals surface area (Å²) >= 11 is 1.70. The van der Waals surface area contributed by atoms with Crippen molar-refractivity contribution in [3.8, 4) is 0 Å². The number of likely N-dealkylation sites (tertiary alicyclic amines) is 1. The Morgan fingerprint density at radius 1 is 1.26 bits per heavy atom. The standard InChI is InChI=1S/C18H21N3OS/c1-21-9-6-14(7-10-21)22-17(13-8-11-23-12-13)18-19-15-4-2-3-5-16(15)20-18/h2-5,8,11-12,14,17H,6-7,9-10H2,1H3,(H,19,20). The van der Waals surface area contributed by atoms with Crippen LogP contribution in [0.3, 0.4) is 0 Å². The van der Waals surface area contributed by atoms with Gasteiger partial charge in [0.25, 0.3) is 0 Å². The van der Waals surface area contributed by atoms with Crippen molar-refractivity contribution in [2.24, 2.45) is 0 Å². The van der Waals surface area contributed by atoms with Gasteiger partial charge in [0.05, 0.1) is 17.1 Å². The molecule has 1 N–H and O–H groups in total. The molecule has 0 spiro atoms. The molecule has 0 radical (unpaired) electrons. The fourth-order valence-corrected chi connectivity index (χ4v) is 3.81. The van der Waals surface area contributed by atoms with E-state index in [0.29, 0.717) is 6.10 Å². The summed E-state index contributed by atoms with van der Waals surface area (Å²) in [5.41, 5.74) is 3.25. The molecule has 1 unspecified atom stereocenters. The smallest absolute Gasteiger partial charge is 0.141 e. The zero-order chi connectivity index (χ0) is 15.6. The summed E-state index contributed by atoms with van der Waals surface area (Å²) in [6.07, 6.45) is 2.35.